The number of carbonyl (C=O) groups excluding carboxylic acids is 1. The van der Waals surface area contributed by atoms with Gasteiger partial charge in [-0.15, -0.1) is 0 Å². The van der Waals surface area contributed by atoms with E-state index in [0.29, 0.717) is 11.3 Å². The summed E-state index contributed by atoms with van der Waals surface area (Å²) in [6.07, 6.45) is -5.31. The van der Waals surface area contributed by atoms with Crippen LogP contribution < -0.4 is 20.7 Å². The van der Waals surface area contributed by atoms with Crippen LogP contribution in [-0.2, 0) is 23.4 Å². The first-order valence-corrected chi connectivity index (χ1v) is 13.7. The predicted octanol–water partition coefficient (Wildman–Crippen LogP) is 2.18. The molecule has 5 N–H and O–H groups in total. The van der Waals surface area contributed by atoms with Crippen LogP contribution in [0.5, 0.6) is 5.75 Å². The third-order valence-corrected chi connectivity index (χ3v) is 7.32. The van der Waals surface area contributed by atoms with Crippen LogP contribution in [0, 0.1) is 0 Å². The van der Waals surface area contributed by atoms with E-state index in [9.17, 15) is 14.5 Å². The van der Waals surface area contributed by atoms with Crippen LogP contribution in [0.4, 0.5) is 16.2 Å². The highest BCUT2D eigenvalue weighted by Crippen LogP contribution is 2.46. The molecule has 1 saturated heterocycles. The van der Waals surface area contributed by atoms with Gasteiger partial charge in [0.1, 0.15) is 24.0 Å². The van der Waals surface area contributed by atoms with Crippen molar-refractivity contribution < 1.29 is 37.4 Å². The molecule has 1 aliphatic rings. The zero-order valence-corrected chi connectivity index (χ0v) is 22.6. The molecule has 1 aromatic carbocycles. The van der Waals surface area contributed by atoms with Crippen LogP contribution in [0.3, 0.4) is 0 Å². The molecule has 1 aliphatic heterocycles. The van der Waals surface area contributed by atoms with Crippen molar-refractivity contribution >= 4 is 36.6 Å². The van der Waals surface area contributed by atoms with E-state index in [1.807, 2.05) is 0 Å². The Morgan fingerprint density at radius 2 is 2.00 bits per heavy atom. The lowest BCUT2D eigenvalue weighted by atomic mass is 10.1. The van der Waals surface area contributed by atoms with Crippen molar-refractivity contribution in [3.05, 3.63) is 36.7 Å². The smallest absolute Gasteiger partial charge is 0.459 e. The second kappa shape index (κ2) is 11.8. The summed E-state index contributed by atoms with van der Waals surface area (Å²) in [5.41, 5.74) is 6.28. The topological polar surface area (TPSA) is 185 Å². The summed E-state index contributed by atoms with van der Waals surface area (Å²) in [5, 5.41) is 16.0. The number of nitrogens with zero attached hydrogens (tertiary/aromatic N) is 4. The quantitative estimate of drug-likeness (QED) is 0.195. The standard InChI is InChI=1S/C23H31FN7O7P/c1-12(2)36-22(33)13(3)30-39(34,38-14-8-6-5-7-9-14)35-10-15-18(32)16(24)21(37-15)31-11-27-17-19(26-4)28-23(25)29-20(17)31/h5-9,11-13,15-16,18,21,32H,10H2,1-4H3,(H,30,34)(H3,25,26,28,29)/t13-,15-,16+,18-,21-,39?/m1/s1. The van der Waals surface area contributed by atoms with Crippen LogP contribution >= 0.6 is 7.75 Å². The van der Waals surface area contributed by atoms with Gasteiger partial charge in [-0.1, -0.05) is 18.2 Å². The molecule has 0 amide bonds. The molecule has 2 aromatic heterocycles. The third kappa shape index (κ3) is 6.45. The molecule has 3 aromatic rings. The molecule has 0 bridgehead atoms. The van der Waals surface area contributed by atoms with Gasteiger partial charge >= 0.3 is 13.7 Å². The zero-order chi connectivity index (χ0) is 28.3. The summed E-state index contributed by atoms with van der Waals surface area (Å²) >= 11 is 0. The van der Waals surface area contributed by atoms with Gasteiger partial charge in [0.15, 0.2) is 29.4 Å². The first kappa shape index (κ1) is 28.6. The molecule has 0 saturated carbocycles. The number of nitrogens with two attached hydrogens (primary N) is 1. The van der Waals surface area contributed by atoms with Crippen molar-refractivity contribution in [3.63, 3.8) is 0 Å². The Balaban J connectivity index is 1.52. The van der Waals surface area contributed by atoms with Crippen molar-refractivity contribution in [2.45, 2.75) is 57.5 Å². The molecule has 14 nitrogen and oxygen atoms in total. The number of aliphatic hydroxyl groups excluding tert-OH is 1. The molecule has 3 heterocycles. The Hall–Kier alpha value is -3.36. The van der Waals surface area contributed by atoms with Gasteiger partial charge in [-0.3, -0.25) is 13.9 Å². The van der Waals surface area contributed by atoms with Gasteiger partial charge in [-0.05, 0) is 32.9 Å². The SMILES string of the molecule is CNc1nc(N)nc2c1ncn2[C@@H]1O[C@H](COP(=O)(N[C@H](C)C(=O)OC(C)C)Oc2ccccc2)[C@@H](O)[C@@H]1F. The number of ether oxygens (including phenoxy) is 2. The van der Waals surface area contributed by atoms with E-state index < -0.39 is 57.1 Å². The summed E-state index contributed by atoms with van der Waals surface area (Å²) in [4.78, 5) is 24.7. The Morgan fingerprint density at radius 1 is 1.28 bits per heavy atom. The number of hydrogen-bond acceptors (Lipinski definition) is 12. The number of benzene rings is 1. The summed E-state index contributed by atoms with van der Waals surface area (Å²) in [5.74, 6) is -0.229. The Labute approximate surface area is 223 Å². The van der Waals surface area contributed by atoms with Crippen molar-refractivity contribution in [1.29, 1.82) is 0 Å². The highest BCUT2D eigenvalue weighted by Gasteiger charge is 2.47. The first-order valence-electron chi connectivity index (χ1n) is 12.1. The number of hydrogen-bond donors (Lipinski definition) is 4. The average molecular weight is 568 g/mol. The number of nitrogen functional groups attached to an aromatic ring is 1. The normalized spacial score (nSPS) is 23.5. The number of aromatic nitrogens is 4. The number of esters is 1. The van der Waals surface area contributed by atoms with Crippen LogP contribution in [0.25, 0.3) is 11.2 Å². The number of alkyl halides is 1. The number of aliphatic hydroxyl groups is 1. The number of carbonyl (C=O) groups is 1. The Morgan fingerprint density at radius 3 is 2.67 bits per heavy atom. The number of fused-ring (bicyclic) bond motifs is 1. The van der Waals surface area contributed by atoms with Gasteiger partial charge in [0, 0.05) is 7.05 Å². The summed E-state index contributed by atoms with van der Waals surface area (Å²) < 4.78 is 52.3. The lowest BCUT2D eigenvalue weighted by Gasteiger charge is -2.25. The second-order valence-electron chi connectivity index (χ2n) is 9.04. The van der Waals surface area contributed by atoms with Crippen molar-refractivity contribution in [2.24, 2.45) is 0 Å². The molecular formula is C23H31FN7O7P. The van der Waals surface area contributed by atoms with E-state index in [4.69, 9.17) is 24.3 Å². The van der Waals surface area contributed by atoms with E-state index in [2.05, 4.69) is 25.4 Å². The minimum absolute atomic E-state index is 0.0716. The minimum atomic E-state index is -4.26. The first-order chi connectivity index (χ1) is 18.5. The third-order valence-electron chi connectivity index (χ3n) is 5.68. The Bertz CT molecular complexity index is 1350. The van der Waals surface area contributed by atoms with E-state index in [0.717, 1.165) is 0 Å². The molecule has 0 spiro atoms. The van der Waals surface area contributed by atoms with E-state index >= 15 is 4.39 Å². The molecule has 0 aliphatic carbocycles. The molecular weight excluding hydrogens is 536 g/mol. The van der Waals surface area contributed by atoms with Gasteiger partial charge in [0.2, 0.25) is 5.95 Å². The van der Waals surface area contributed by atoms with E-state index in [1.54, 1.807) is 51.2 Å². The number of anilines is 2. The lowest BCUT2D eigenvalue weighted by molar-refractivity contribution is -0.149. The second-order valence-corrected chi connectivity index (χ2v) is 10.7. The van der Waals surface area contributed by atoms with Gasteiger partial charge in [-0.25, -0.2) is 13.9 Å². The van der Waals surface area contributed by atoms with Gasteiger partial charge in [0.05, 0.1) is 19.0 Å². The lowest BCUT2D eigenvalue weighted by Crippen LogP contribution is -2.37. The zero-order valence-electron chi connectivity index (χ0n) is 21.7. The fourth-order valence-corrected chi connectivity index (χ4v) is 5.37. The van der Waals surface area contributed by atoms with Crippen LogP contribution in [0.2, 0.25) is 0 Å². The summed E-state index contributed by atoms with van der Waals surface area (Å²) in [6.45, 7) is 4.23. The van der Waals surface area contributed by atoms with Crippen LogP contribution in [-0.4, -0.2) is 74.8 Å². The molecule has 6 atom stereocenters. The number of imidazole rings is 1. The summed E-state index contributed by atoms with van der Waals surface area (Å²) in [6, 6.07) is 7.05. The molecule has 1 unspecified atom stereocenters. The van der Waals surface area contributed by atoms with E-state index in [-0.39, 0.29) is 17.3 Å². The molecule has 0 radical (unpaired) electrons. The van der Waals surface area contributed by atoms with Gasteiger partial charge in [0.25, 0.3) is 0 Å². The van der Waals surface area contributed by atoms with Crippen molar-refractivity contribution in [2.75, 3.05) is 24.7 Å². The highest BCUT2D eigenvalue weighted by molar-refractivity contribution is 7.52. The maximum atomic E-state index is 15.3. The van der Waals surface area contributed by atoms with Crippen LogP contribution in [0.1, 0.15) is 27.0 Å². The monoisotopic (exact) mass is 567 g/mol. The van der Waals surface area contributed by atoms with Crippen LogP contribution in [0.15, 0.2) is 36.7 Å². The number of halogens is 1. The van der Waals surface area contributed by atoms with Gasteiger partial charge < -0.3 is 30.2 Å². The maximum absolute atomic E-state index is 15.3. The average Bonchev–Trinajstić information content (AvgIpc) is 3.42. The van der Waals surface area contributed by atoms with Crippen molar-refractivity contribution in [1.82, 2.24) is 24.6 Å². The van der Waals surface area contributed by atoms with Crippen molar-refractivity contribution in [3.8, 4) is 5.75 Å². The van der Waals surface area contributed by atoms with E-state index in [1.165, 1.54) is 17.8 Å². The Kier molecular flexibility index (Phi) is 8.67. The minimum Gasteiger partial charge on any atom is -0.462 e. The summed E-state index contributed by atoms with van der Waals surface area (Å²) in [7, 11) is -2.64. The predicted molar refractivity (Wildman–Crippen MR) is 139 cm³/mol. The molecule has 39 heavy (non-hydrogen) atoms. The fraction of sp³-hybridized carbons (Fsp3) is 0.478. The maximum Gasteiger partial charge on any atom is 0.459 e. The fourth-order valence-electron chi connectivity index (χ4n) is 3.87. The molecule has 1 fully saturated rings. The number of para-hydroxylation sites is 1. The highest BCUT2D eigenvalue weighted by atomic mass is 31.2. The van der Waals surface area contributed by atoms with Gasteiger partial charge in [-0.2, -0.15) is 15.1 Å². The number of nitrogens with one attached hydrogen (secondary N) is 2. The molecule has 212 valence electrons. The molecule has 16 heteroatoms. The largest absolute Gasteiger partial charge is 0.462 e. The molecule has 4 rings (SSSR count). The number of rotatable bonds is 11.